The third-order valence-electron chi connectivity index (χ3n) is 11.2. The van der Waals surface area contributed by atoms with Crippen molar-refractivity contribution in [3.63, 3.8) is 0 Å². The molecule has 0 saturated heterocycles. The molecule has 0 heterocycles. The number of rotatable bonds is 9. The molecule has 3 heteroatoms. The van der Waals surface area contributed by atoms with Crippen molar-refractivity contribution in [2.75, 3.05) is 6.61 Å². The Bertz CT molecular complexity index is 756. The van der Waals surface area contributed by atoms with Crippen molar-refractivity contribution in [2.24, 2.45) is 46.3 Å². The van der Waals surface area contributed by atoms with Crippen LogP contribution in [0.4, 0.5) is 4.79 Å². The van der Waals surface area contributed by atoms with E-state index in [-0.39, 0.29) is 6.10 Å². The van der Waals surface area contributed by atoms with E-state index in [1.807, 2.05) is 0 Å². The van der Waals surface area contributed by atoms with E-state index >= 15 is 0 Å². The summed E-state index contributed by atoms with van der Waals surface area (Å²) in [6.07, 6.45) is 18.3. The van der Waals surface area contributed by atoms with Crippen molar-refractivity contribution in [2.45, 2.75) is 131 Å². The van der Waals surface area contributed by atoms with Gasteiger partial charge in [0.05, 0.1) is 6.61 Å². The Morgan fingerprint density at radius 3 is 2.57 bits per heavy atom. The molecule has 4 aliphatic rings. The summed E-state index contributed by atoms with van der Waals surface area (Å²) in [5, 5.41) is 0. The van der Waals surface area contributed by atoms with E-state index in [4.69, 9.17) is 9.47 Å². The topological polar surface area (TPSA) is 35.5 Å². The van der Waals surface area contributed by atoms with Gasteiger partial charge in [0, 0.05) is 6.42 Å². The normalized spacial score (nSPS) is 39.3. The zero-order valence-corrected chi connectivity index (χ0v) is 23.7. The predicted octanol–water partition coefficient (Wildman–Crippen LogP) is 9.35. The molecule has 0 aromatic heterocycles. The van der Waals surface area contributed by atoms with Crippen LogP contribution in [0, 0.1) is 46.3 Å². The van der Waals surface area contributed by atoms with E-state index in [2.05, 4.69) is 47.6 Å². The summed E-state index contributed by atoms with van der Waals surface area (Å²) in [5.74, 6) is 5.19. The second-order valence-corrected chi connectivity index (χ2v) is 13.7. The van der Waals surface area contributed by atoms with Crippen molar-refractivity contribution in [3.8, 4) is 0 Å². The average Bonchev–Trinajstić information content (AvgIpc) is 3.16. The van der Waals surface area contributed by atoms with Crippen LogP contribution in [0.1, 0.15) is 125 Å². The lowest BCUT2D eigenvalue weighted by atomic mass is 9.47. The van der Waals surface area contributed by atoms with Crippen LogP contribution in [0.3, 0.4) is 0 Å². The van der Waals surface area contributed by atoms with Gasteiger partial charge < -0.3 is 9.47 Å². The van der Waals surface area contributed by atoms with Crippen molar-refractivity contribution < 1.29 is 14.3 Å². The molecule has 0 aromatic rings. The van der Waals surface area contributed by atoms with Gasteiger partial charge in [-0.05, 0) is 97.7 Å². The molecule has 3 fully saturated rings. The Labute approximate surface area is 216 Å². The minimum atomic E-state index is -0.464. The molecule has 0 aliphatic heterocycles. The molecule has 0 spiro atoms. The third-order valence-corrected chi connectivity index (χ3v) is 11.2. The van der Waals surface area contributed by atoms with Crippen LogP contribution >= 0.6 is 0 Å². The van der Waals surface area contributed by atoms with Gasteiger partial charge in [-0.2, -0.15) is 0 Å². The Kier molecular flexibility index (Phi) is 8.64. The van der Waals surface area contributed by atoms with Crippen LogP contribution in [-0.2, 0) is 9.47 Å². The van der Waals surface area contributed by atoms with E-state index in [0.717, 1.165) is 67.6 Å². The molecule has 4 rings (SSSR count). The summed E-state index contributed by atoms with van der Waals surface area (Å²) < 4.78 is 11.0. The van der Waals surface area contributed by atoms with Crippen LogP contribution < -0.4 is 0 Å². The smallest absolute Gasteiger partial charge is 0.434 e. The maximum Gasteiger partial charge on any atom is 0.508 e. The number of hydrogen-bond acceptors (Lipinski definition) is 3. The standard InChI is InChI=1S/C32H54O3/c1-7-8-20-34-30(33)35-25-16-18-31(5)24(21-25)12-13-26-28-15-14-27(23(4)11-9-10-22(2)3)32(28,6)19-17-29(26)31/h12,22-23,25-29H,7-11,13-21H2,1-6H3/t23?,25?,26?,27?,28?,29?,31-,32+/m0/s1. The molecule has 0 radical (unpaired) electrons. The second kappa shape index (κ2) is 11.2. The summed E-state index contributed by atoms with van der Waals surface area (Å²) >= 11 is 0. The highest BCUT2D eigenvalue weighted by Gasteiger charge is 2.59. The third kappa shape index (κ3) is 5.49. The fraction of sp³-hybridized carbons (Fsp3) is 0.906. The fourth-order valence-electron chi connectivity index (χ4n) is 9.22. The first kappa shape index (κ1) is 27.1. The Hall–Kier alpha value is -0.990. The summed E-state index contributed by atoms with van der Waals surface area (Å²) in [6.45, 7) is 15.1. The van der Waals surface area contributed by atoms with Crippen LogP contribution in [0.5, 0.6) is 0 Å². The largest absolute Gasteiger partial charge is 0.508 e. The Morgan fingerprint density at radius 2 is 1.83 bits per heavy atom. The number of ether oxygens (including phenoxy) is 2. The Morgan fingerprint density at radius 1 is 1.03 bits per heavy atom. The number of allylic oxidation sites excluding steroid dienone is 1. The maximum absolute atomic E-state index is 12.1. The second-order valence-electron chi connectivity index (χ2n) is 13.7. The lowest BCUT2D eigenvalue weighted by Crippen LogP contribution is -2.51. The van der Waals surface area contributed by atoms with Crippen molar-refractivity contribution in [1.29, 1.82) is 0 Å². The highest BCUT2D eigenvalue weighted by molar-refractivity contribution is 5.60. The van der Waals surface area contributed by atoms with Gasteiger partial charge in [-0.25, -0.2) is 4.79 Å². The highest BCUT2D eigenvalue weighted by Crippen LogP contribution is 2.67. The first-order valence-electron chi connectivity index (χ1n) is 15.2. The monoisotopic (exact) mass is 486 g/mol. The van der Waals surface area contributed by atoms with E-state index < -0.39 is 6.16 Å². The van der Waals surface area contributed by atoms with E-state index in [1.165, 1.54) is 51.4 Å². The highest BCUT2D eigenvalue weighted by atomic mass is 16.7. The summed E-state index contributed by atoms with van der Waals surface area (Å²) in [6, 6.07) is 0. The van der Waals surface area contributed by atoms with E-state index in [9.17, 15) is 4.79 Å². The molecule has 0 aromatic carbocycles. The molecule has 3 saturated carbocycles. The maximum atomic E-state index is 12.1. The summed E-state index contributed by atoms with van der Waals surface area (Å²) in [5.41, 5.74) is 2.43. The quantitative estimate of drug-likeness (QED) is 0.185. The summed E-state index contributed by atoms with van der Waals surface area (Å²) in [7, 11) is 0. The van der Waals surface area contributed by atoms with Crippen LogP contribution in [0.25, 0.3) is 0 Å². The minimum Gasteiger partial charge on any atom is -0.434 e. The van der Waals surface area contributed by atoms with Gasteiger partial charge in [-0.15, -0.1) is 0 Å². The molecular formula is C32H54O3. The molecule has 0 bridgehead atoms. The molecule has 4 aliphatic carbocycles. The van der Waals surface area contributed by atoms with E-state index in [1.54, 1.807) is 5.57 Å². The molecule has 8 atom stereocenters. The van der Waals surface area contributed by atoms with Crippen molar-refractivity contribution in [3.05, 3.63) is 11.6 Å². The molecule has 0 N–H and O–H groups in total. The lowest BCUT2D eigenvalue weighted by molar-refractivity contribution is -0.0617. The fourth-order valence-corrected chi connectivity index (χ4v) is 9.22. The van der Waals surface area contributed by atoms with Gasteiger partial charge in [0.25, 0.3) is 0 Å². The molecule has 0 amide bonds. The number of carbonyl (C=O) groups excluding carboxylic acids is 1. The molecule has 200 valence electrons. The SMILES string of the molecule is CCCCOC(=O)OC1CC[C@@]2(C)C(=CCC3C4CCC(C(C)CCCC(C)C)[C@@]4(C)CCC32)C1. The number of fused-ring (bicyclic) bond motifs is 5. The van der Waals surface area contributed by atoms with Gasteiger partial charge >= 0.3 is 6.16 Å². The predicted molar refractivity (Wildman–Crippen MR) is 144 cm³/mol. The van der Waals surface area contributed by atoms with Gasteiger partial charge in [0.2, 0.25) is 0 Å². The van der Waals surface area contributed by atoms with Gasteiger partial charge in [0.15, 0.2) is 0 Å². The number of carbonyl (C=O) groups is 1. The number of unbranched alkanes of at least 4 members (excludes halogenated alkanes) is 1. The molecule has 35 heavy (non-hydrogen) atoms. The van der Waals surface area contributed by atoms with Crippen LogP contribution in [-0.4, -0.2) is 18.9 Å². The Balaban J connectivity index is 1.39. The lowest BCUT2D eigenvalue weighted by Gasteiger charge is -2.58. The van der Waals surface area contributed by atoms with Crippen LogP contribution in [0.2, 0.25) is 0 Å². The van der Waals surface area contributed by atoms with Gasteiger partial charge in [0.1, 0.15) is 6.10 Å². The zero-order chi connectivity index (χ0) is 25.2. The van der Waals surface area contributed by atoms with Crippen molar-refractivity contribution >= 4 is 6.16 Å². The molecule has 3 nitrogen and oxygen atoms in total. The summed E-state index contributed by atoms with van der Waals surface area (Å²) in [4.78, 5) is 12.1. The first-order valence-corrected chi connectivity index (χ1v) is 15.2. The molecular weight excluding hydrogens is 432 g/mol. The van der Waals surface area contributed by atoms with Gasteiger partial charge in [-0.3, -0.25) is 0 Å². The van der Waals surface area contributed by atoms with Crippen LogP contribution in [0.15, 0.2) is 11.6 Å². The van der Waals surface area contributed by atoms with Gasteiger partial charge in [-0.1, -0.05) is 78.9 Å². The minimum absolute atomic E-state index is 0.00333. The van der Waals surface area contributed by atoms with E-state index in [0.29, 0.717) is 17.4 Å². The zero-order valence-electron chi connectivity index (χ0n) is 23.7. The average molecular weight is 487 g/mol. The van der Waals surface area contributed by atoms with Crippen molar-refractivity contribution in [1.82, 2.24) is 0 Å². The molecule has 6 unspecified atom stereocenters. The first-order chi connectivity index (χ1) is 16.7. The number of hydrogen-bond donors (Lipinski definition) is 0.